The first kappa shape index (κ1) is 10.2. The summed E-state index contributed by atoms with van der Waals surface area (Å²) in [5.41, 5.74) is 0.928. The minimum absolute atomic E-state index is 0.567. The highest BCUT2D eigenvalue weighted by atomic mass is 35.5. The molecule has 0 unspecified atom stereocenters. The molecule has 1 aromatic rings. The van der Waals surface area contributed by atoms with Crippen molar-refractivity contribution in [1.82, 2.24) is 0 Å². The van der Waals surface area contributed by atoms with Gasteiger partial charge in [0.1, 0.15) is 0 Å². The predicted molar refractivity (Wildman–Crippen MR) is 55.2 cm³/mol. The van der Waals surface area contributed by atoms with Crippen LogP contribution in [0.15, 0.2) is 12.1 Å². The van der Waals surface area contributed by atoms with Crippen LogP contribution in [0, 0.1) is 6.92 Å². The predicted octanol–water partition coefficient (Wildman–Crippen LogP) is 4.41. The van der Waals surface area contributed by atoms with Crippen molar-refractivity contribution in [2.45, 2.75) is 12.8 Å². The largest absolute Gasteiger partial charge is 0.0842 e. The summed E-state index contributed by atoms with van der Waals surface area (Å²) in [5.74, 6) is 0. The fourth-order valence-electron chi connectivity index (χ4n) is 0.988. The van der Waals surface area contributed by atoms with Crippen molar-refractivity contribution in [2.75, 3.05) is 0 Å². The zero-order valence-electron chi connectivity index (χ0n) is 6.41. The lowest BCUT2D eigenvalue weighted by Gasteiger charge is -2.05. The fourth-order valence-corrected chi connectivity index (χ4v) is 1.99. The van der Waals surface area contributed by atoms with E-state index in [1.165, 1.54) is 0 Å². The second kappa shape index (κ2) is 4.36. The van der Waals surface area contributed by atoms with Crippen LogP contribution in [0.2, 0.25) is 15.1 Å². The number of hydrogen-bond donors (Lipinski definition) is 0. The molecule has 65 valence electrons. The molecule has 0 aliphatic rings. The molecule has 0 atom stereocenters. The lowest BCUT2D eigenvalue weighted by molar-refractivity contribution is 1.000. The number of rotatable bonds is 2. The van der Waals surface area contributed by atoms with Gasteiger partial charge in [0, 0.05) is 15.1 Å². The third-order valence-electron chi connectivity index (χ3n) is 1.53. The first-order valence-electron chi connectivity index (χ1n) is 3.58. The van der Waals surface area contributed by atoms with Gasteiger partial charge in [-0.05, 0) is 30.5 Å². The van der Waals surface area contributed by atoms with Crippen LogP contribution in [0.4, 0.5) is 0 Å². The van der Waals surface area contributed by atoms with Crippen LogP contribution in [0.1, 0.15) is 12.0 Å². The van der Waals surface area contributed by atoms with E-state index in [-0.39, 0.29) is 0 Å². The average molecular weight is 223 g/mol. The molecule has 0 fully saturated rings. The summed E-state index contributed by atoms with van der Waals surface area (Å²) in [6.07, 6.45) is 1.57. The standard InChI is InChI=1S/C9H8Cl3/c1-2-3-7-8(11)4-6(10)5-9(7)12/h4-5H,1-3H2. The maximum absolute atomic E-state index is 5.92. The summed E-state index contributed by atoms with van der Waals surface area (Å²) in [6, 6.07) is 3.39. The quantitative estimate of drug-likeness (QED) is 0.695. The third-order valence-corrected chi connectivity index (χ3v) is 2.43. The summed E-state index contributed by atoms with van der Waals surface area (Å²) in [4.78, 5) is 0. The van der Waals surface area contributed by atoms with Crippen molar-refractivity contribution in [3.63, 3.8) is 0 Å². The molecule has 1 radical (unpaired) electrons. The van der Waals surface area contributed by atoms with E-state index >= 15 is 0 Å². The van der Waals surface area contributed by atoms with Gasteiger partial charge < -0.3 is 0 Å². The van der Waals surface area contributed by atoms with Crippen molar-refractivity contribution < 1.29 is 0 Å². The Balaban J connectivity index is 3.10. The Bertz CT molecular complexity index is 258. The Morgan fingerprint density at radius 3 is 2.00 bits per heavy atom. The summed E-state index contributed by atoms with van der Waals surface area (Å²) in [5, 5.41) is 1.81. The highest BCUT2D eigenvalue weighted by Crippen LogP contribution is 2.29. The summed E-state index contributed by atoms with van der Waals surface area (Å²) >= 11 is 17.6. The van der Waals surface area contributed by atoms with Gasteiger partial charge in [-0.2, -0.15) is 0 Å². The van der Waals surface area contributed by atoms with E-state index in [0.29, 0.717) is 15.1 Å². The monoisotopic (exact) mass is 221 g/mol. The SMILES string of the molecule is [CH2]CCc1c(Cl)cc(Cl)cc1Cl. The molecule has 1 aromatic carbocycles. The Labute approximate surface area is 87.4 Å². The number of benzene rings is 1. The van der Waals surface area contributed by atoms with Gasteiger partial charge in [0.15, 0.2) is 0 Å². The smallest absolute Gasteiger partial charge is 0.0467 e. The molecule has 1 rings (SSSR count). The van der Waals surface area contributed by atoms with E-state index in [1.54, 1.807) is 12.1 Å². The van der Waals surface area contributed by atoms with E-state index in [4.69, 9.17) is 34.8 Å². The molecule has 0 bridgehead atoms. The molecule has 0 aromatic heterocycles. The van der Waals surface area contributed by atoms with Crippen LogP contribution in [0.3, 0.4) is 0 Å². The second-order valence-electron chi connectivity index (χ2n) is 2.45. The molecule has 0 aliphatic carbocycles. The first-order valence-corrected chi connectivity index (χ1v) is 4.71. The van der Waals surface area contributed by atoms with Gasteiger partial charge in [0.2, 0.25) is 0 Å². The van der Waals surface area contributed by atoms with Crippen LogP contribution in [-0.2, 0) is 6.42 Å². The molecule has 0 saturated carbocycles. The molecule has 0 saturated heterocycles. The summed E-state index contributed by atoms with van der Waals surface area (Å²) in [6.45, 7) is 3.74. The van der Waals surface area contributed by atoms with Crippen LogP contribution >= 0.6 is 34.8 Å². The normalized spacial score (nSPS) is 10.3. The first-order chi connectivity index (χ1) is 5.65. The summed E-state index contributed by atoms with van der Waals surface area (Å²) in [7, 11) is 0. The number of halogens is 3. The van der Waals surface area contributed by atoms with Gasteiger partial charge in [-0.3, -0.25) is 0 Å². The van der Waals surface area contributed by atoms with E-state index < -0.39 is 0 Å². The molecule has 0 aliphatic heterocycles. The lowest BCUT2D eigenvalue weighted by atomic mass is 10.1. The zero-order valence-corrected chi connectivity index (χ0v) is 8.68. The van der Waals surface area contributed by atoms with E-state index in [0.717, 1.165) is 18.4 Å². The van der Waals surface area contributed by atoms with Gasteiger partial charge in [0.25, 0.3) is 0 Å². The zero-order chi connectivity index (χ0) is 9.14. The molecule has 12 heavy (non-hydrogen) atoms. The maximum Gasteiger partial charge on any atom is 0.0467 e. The van der Waals surface area contributed by atoms with Gasteiger partial charge in [-0.25, -0.2) is 0 Å². The van der Waals surface area contributed by atoms with Crippen molar-refractivity contribution in [3.05, 3.63) is 39.7 Å². The summed E-state index contributed by atoms with van der Waals surface area (Å²) < 4.78 is 0. The Morgan fingerprint density at radius 1 is 1.08 bits per heavy atom. The van der Waals surface area contributed by atoms with Crippen LogP contribution in [0.25, 0.3) is 0 Å². The van der Waals surface area contributed by atoms with Crippen LogP contribution in [0.5, 0.6) is 0 Å². The van der Waals surface area contributed by atoms with Crippen molar-refractivity contribution in [3.8, 4) is 0 Å². The average Bonchev–Trinajstić information content (AvgIpc) is 1.96. The van der Waals surface area contributed by atoms with Gasteiger partial charge in [-0.1, -0.05) is 41.7 Å². The molecular formula is C9H8Cl3. The van der Waals surface area contributed by atoms with Crippen molar-refractivity contribution in [1.29, 1.82) is 0 Å². The lowest BCUT2D eigenvalue weighted by Crippen LogP contribution is -1.86. The topological polar surface area (TPSA) is 0 Å². The van der Waals surface area contributed by atoms with E-state index in [2.05, 4.69) is 6.92 Å². The molecule has 0 N–H and O–H groups in total. The molecule has 0 nitrogen and oxygen atoms in total. The Kier molecular flexibility index (Phi) is 3.70. The van der Waals surface area contributed by atoms with Crippen molar-refractivity contribution >= 4 is 34.8 Å². The van der Waals surface area contributed by atoms with Crippen LogP contribution < -0.4 is 0 Å². The Hall–Kier alpha value is 0.0900. The van der Waals surface area contributed by atoms with Gasteiger partial charge >= 0.3 is 0 Å². The van der Waals surface area contributed by atoms with Gasteiger partial charge in [-0.15, -0.1) is 0 Å². The van der Waals surface area contributed by atoms with Gasteiger partial charge in [0.05, 0.1) is 0 Å². The Morgan fingerprint density at radius 2 is 1.58 bits per heavy atom. The third kappa shape index (κ3) is 2.29. The molecule has 0 spiro atoms. The molecule has 3 heteroatoms. The van der Waals surface area contributed by atoms with Crippen LogP contribution in [-0.4, -0.2) is 0 Å². The minimum atomic E-state index is 0.567. The minimum Gasteiger partial charge on any atom is -0.0842 e. The van der Waals surface area contributed by atoms with E-state index in [1.807, 2.05) is 0 Å². The molecular weight excluding hydrogens is 214 g/mol. The second-order valence-corrected chi connectivity index (χ2v) is 3.70. The maximum atomic E-state index is 5.92. The fraction of sp³-hybridized carbons (Fsp3) is 0.222. The highest BCUT2D eigenvalue weighted by molar-refractivity contribution is 6.39. The van der Waals surface area contributed by atoms with E-state index in [9.17, 15) is 0 Å². The highest BCUT2D eigenvalue weighted by Gasteiger charge is 2.05. The molecule has 0 amide bonds. The number of hydrogen-bond acceptors (Lipinski definition) is 0. The van der Waals surface area contributed by atoms with Crippen molar-refractivity contribution in [2.24, 2.45) is 0 Å². The molecule has 0 heterocycles.